The van der Waals surface area contributed by atoms with Crippen LogP contribution in [0, 0.1) is 0 Å². The summed E-state index contributed by atoms with van der Waals surface area (Å²) in [5, 5.41) is 0. The van der Waals surface area contributed by atoms with Gasteiger partial charge < -0.3 is 4.18 Å². The predicted molar refractivity (Wildman–Crippen MR) is 55.8 cm³/mol. The molecule has 0 aromatic heterocycles. The minimum Gasteiger partial charge on any atom is -0.329 e. The van der Waals surface area contributed by atoms with Crippen molar-refractivity contribution >= 4 is 58.3 Å². The highest BCUT2D eigenvalue weighted by molar-refractivity contribution is 9.03. The van der Waals surface area contributed by atoms with Crippen LogP contribution in [0.5, 0.6) is 0 Å². The molecule has 0 aromatic rings. The zero-order valence-electron chi connectivity index (χ0n) is 4.56. The van der Waals surface area contributed by atoms with Gasteiger partial charge in [-0.05, 0) is 35.8 Å². The van der Waals surface area contributed by atoms with E-state index in [1.54, 1.807) is 0 Å². The summed E-state index contributed by atoms with van der Waals surface area (Å²) in [6, 6.07) is 0. The molecule has 0 atom stereocenters. The third-order valence-corrected chi connectivity index (χ3v) is 12.2. The maximum Gasteiger partial charge on any atom is 0.0569 e. The second-order valence-electron chi connectivity index (χ2n) is 1.02. The van der Waals surface area contributed by atoms with E-state index in [2.05, 4.69) is 0 Å². The van der Waals surface area contributed by atoms with E-state index in [4.69, 9.17) is 48.9 Å². The lowest BCUT2D eigenvalue weighted by atomic mass is 10.9. The molecule has 9 heavy (non-hydrogen) atoms. The first-order chi connectivity index (χ1) is 4.00. The van der Waals surface area contributed by atoms with Gasteiger partial charge in [0.1, 0.15) is 0 Å². The van der Waals surface area contributed by atoms with Crippen molar-refractivity contribution < 1.29 is 4.18 Å². The molecule has 0 amide bonds. The Kier molecular flexibility index (Phi) is 5.18. The summed E-state index contributed by atoms with van der Waals surface area (Å²) >= 11 is 19.1. The first-order valence-electron chi connectivity index (χ1n) is 2.00. The van der Waals surface area contributed by atoms with Gasteiger partial charge in [0.2, 0.25) is 0 Å². The molecule has 0 unspecified atom stereocenters. The summed E-state index contributed by atoms with van der Waals surface area (Å²) in [6.45, 7) is 0.420. The van der Waals surface area contributed by atoms with Gasteiger partial charge in [-0.1, -0.05) is 0 Å². The van der Waals surface area contributed by atoms with E-state index in [-0.39, 0.29) is 0 Å². The summed E-state index contributed by atoms with van der Waals surface area (Å²) in [4.78, 5) is 0. The van der Waals surface area contributed by atoms with E-state index in [1.807, 2.05) is 6.92 Å². The summed E-state index contributed by atoms with van der Waals surface area (Å²) in [6.07, 6.45) is 0. The lowest BCUT2D eigenvalue weighted by Crippen LogP contribution is -2.00. The summed E-state index contributed by atoms with van der Waals surface area (Å²) in [5.41, 5.74) is 0. The van der Waals surface area contributed by atoms with Gasteiger partial charge in [0, 0.05) is 0 Å². The Labute approximate surface area is 75.4 Å². The van der Waals surface area contributed by atoms with Crippen molar-refractivity contribution in [1.29, 1.82) is 0 Å². The molecular formula is C2H5OS6-. The van der Waals surface area contributed by atoms with E-state index in [1.165, 1.54) is 0 Å². The topological polar surface area (TPSA) is 9.23 Å². The number of rotatable bonds is 3. The van der Waals surface area contributed by atoms with Gasteiger partial charge in [-0.25, -0.2) is 22.4 Å². The van der Waals surface area contributed by atoms with Crippen LogP contribution >= 0.6 is 0 Å². The maximum absolute atomic E-state index is 5.01. The van der Waals surface area contributed by atoms with Crippen LogP contribution in [0.1, 0.15) is 6.92 Å². The molecule has 0 bridgehead atoms. The van der Waals surface area contributed by atoms with E-state index < -0.39 is 13.5 Å². The van der Waals surface area contributed by atoms with Crippen LogP contribution in [-0.4, -0.2) is 6.61 Å². The summed E-state index contributed by atoms with van der Waals surface area (Å²) in [5.74, 6) is 0. The Morgan fingerprint density at radius 1 is 1.44 bits per heavy atom. The van der Waals surface area contributed by atoms with Crippen molar-refractivity contribution in [3.8, 4) is 0 Å². The van der Waals surface area contributed by atoms with Gasteiger partial charge in [-0.15, -0.1) is 0 Å². The summed E-state index contributed by atoms with van der Waals surface area (Å²) in [7, 11) is -0.768. The molecule has 0 saturated carbocycles. The molecule has 0 heterocycles. The predicted octanol–water partition coefficient (Wildman–Crippen LogP) is 0.473. The van der Waals surface area contributed by atoms with Crippen molar-refractivity contribution in [2.45, 2.75) is 6.92 Å². The van der Waals surface area contributed by atoms with E-state index in [9.17, 15) is 0 Å². The van der Waals surface area contributed by atoms with Crippen LogP contribution in [0.15, 0.2) is 0 Å². The molecule has 0 N–H and O–H groups in total. The molecular weight excluding hydrogens is 232 g/mol. The molecule has 56 valence electrons. The SMILES string of the molecule is CCOS(=S)(=S)[S-](=S)=S. The molecule has 0 rings (SSSR count). The monoisotopic (exact) mass is 237 g/mol. The van der Waals surface area contributed by atoms with E-state index >= 15 is 0 Å². The van der Waals surface area contributed by atoms with Crippen LogP contribution in [0.25, 0.3) is 0 Å². The van der Waals surface area contributed by atoms with E-state index in [0.29, 0.717) is 6.61 Å². The van der Waals surface area contributed by atoms with Crippen LogP contribution in [0.3, 0.4) is 0 Å². The molecule has 0 fully saturated rings. The Morgan fingerprint density at radius 2 is 1.89 bits per heavy atom. The van der Waals surface area contributed by atoms with Gasteiger partial charge in [-0.2, -0.15) is 0 Å². The van der Waals surface area contributed by atoms with Gasteiger partial charge in [0.25, 0.3) is 0 Å². The summed E-state index contributed by atoms with van der Waals surface area (Å²) < 4.78 is 5.01. The average molecular weight is 237 g/mol. The smallest absolute Gasteiger partial charge is 0.0569 e. The number of hydrogen-bond acceptors (Lipinski definition) is 6. The fourth-order valence-corrected chi connectivity index (χ4v) is 2.36. The first kappa shape index (κ1) is 10.5. The van der Waals surface area contributed by atoms with Crippen LogP contribution in [-0.2, 0) is 62.4 Å². The highest BCUT2D eigenvalue weighted by Gasteiger charge is 1.84. The Morgan fingerprint density at radius 3 is 2.00 bits per heavy atom. The highest BCUT2D eigenvalue weighted by atomic mass is 33.7. The Bertz CT molecular complexity index is 224. The van der Waals surface area contributed by atoms with Gasteiger partial charge in [-0.3, -0.25) is 7.05 Å². The third kappa shape index (κ3) is 4.07. The normalized spacial score (nSPS) is 12.2. The number of hydrogen-bond donors (Lipinski definition) is 0. The largest absolute Gasteiger partial charge is 0.329 e. The lowest BCUT2D eigenvalue weighted by molar-refractivity contribution is 0.402. The van der Waals surface area contributed by atoms with Gasteiger partial charge >= 0.3 is 0 Å². The molecule has 0 aliphatic rings. The van der Waals surface area contributed by atoms with Crippen molar-refractivity contribution in [3.05, 3.63) is 0 Å². The third-order valence-electron chi connectivity index (χ3n) is 0.429. The van der Waals surface area contributed by atoms with Crippen molar-refractivity contribution in [2.75, 3.05) is 6.61 Å². The minimum atomic E-state index is -1.92. The van der Waals surface area contributed by atoms with Crippen LogP contribution in [0.4, 0.5) is 0 Å². The average Bonchev–Trinajstić information content (AvgIpc) is 1.65. The second-order valence-corrected chi connectivity index (χ2v) is 13.5. The zero-order valence-corrected chi connectivity index (χ0v) is 9.46. The van der Waals surface area contributed by atoms with Crippen molar-refractivity contribution in [2.24, 2.45) is 0 Å². The van der Waals surface area contributed by atoms with Crippen molar-refractivity contribution in [3.63, 3.8) is 0 Å². The minimum absolute atomic E-state index is 0.513. The molecule has 0 aromatic carbocycles. The van der Waals surface area contributed by atoms with Crippen LogP contribution in [0.2, 0.25) is 0 Å². The van der Waals surface area contributed by atoms with Crippen LogP contribution < -0.4 is 0 Å². The molecule has 0 saturated heterocycles. The quantitative estimate of drug-likeness (QED) is 0.520. The van der Waals surface area contributed by atoms with E-state index in [0.717, 1.165) is 0 Å². The lowest BCUT2D eigenvalue weighted by Gasteiger charge is -2.12. The second kappa shape index (κ2) is 4.42. The molecule has 7 heteroatoms. The molecule has 0 spiro atoms. The highest BCUT2D eigenvalue weighted by Crippen LogP contribution is 1.94. The van der Waals surface area contributed by atoms with Crippen molar-refractivity contribution in [1.82, 2.24) is 0 Å². The Hall–Kier alpha value is 1.54. The molecule has 0 aliphatic heterocycles. The first-order valence-corrected chi connectivity index (χ1v) is 9.00. The molecule has 0 radical (unpaired) electrons. The molecule has 0 aliphatic carbocycles. The fourth-order valence-electron chi connectivity index (χ4n) is 0.184. The standard InChI is InChI=1S/C2H5OS6/c1-2-3-9(6,7)8(4)5/h2H2,1H3/q-1. The molecule has 1 nitrogen and oxygen atoms in total. The Balaban J connectivity index is 4.43. The maximum atomic E-state index is 5.01. The fraction of sp³-hybridized carbons (Fsp3) is 1.00. The zero-order chi connectivity index (χ0) is 7.49. The van der Waals surface area contributed by atoms with Gasteiger partial charge in [0.05, 0.1) is 6.61 Å². The van der Waals surface area contributed by atoms with Gasteiger partial charge in [0.15, 0.2) is 0 Å².